The van der Waals surface area contributed by atoms with Crippen LogP contribution in [0, 0.1) is 6.92 Å². The molecule has 0 saturated carbocycles. The molecule has 0 radical (unpaired) electrons. The van der Waals surface area contributed by atoms with Crippen molar-refractivity contribution in [3.05, 3.63) is 45.5 Å². The van der Waals surface area contributed by atoms with Gasteiger partial charge in [0.15, 0.2) is 5.13 Å². The lowest BCUT2D eigenvalue weighted by Crippen LogP contribution is -2.38. The van der Waals surface area contributed by atoms with Gasteiger partial charge in [-0.3, -0.25) is 9.36 Å². The van der Waals surface area contributed by atoms with Gasteiger partial charge in [-0.25, -0.2) is 15.0 Å². The average molecular weight is 498 g/mol. The molecule has 1 fully saturated rings. The molecular formula is C25H35N7O2S. The van der Waals surface area contributed by atoms with Crippen molar-refractivity contribution in [3.63, 3.8) is 0 Å². The largest absolute Gasteiger partial charge is 0.374 e. The highest BCUT2D eigenvalue weighted by molar-refractivity contribution is 7.13. The van der Waals surface area contributed by atoms with E-state index < -0.39 is 0 Å². The number of anilines is 3. The van der Waals surface area contributed by atoms with Crippen LogP contribution in [0.3, 0.4) is 0 Å². The summed E-state index contributed by atoms with van der Waals surface area (Å²) in [6.45, 7) is 10.6. The molecule has 35 heavy (non-hydrogen) atoms. The Morgan fingerprint density at radius 1 is 1.23 bits per heavy atom. The fraction of sp³-hybridized carbons (Fsp3) is 0.520. The molecule has 2 atom stereocenters. The lowest BCUT2D eigenvalue weighted by Gasteiger charge is -2.23. The Labute approximate surface area is 210 Å². The van der Waals surface area contributed by atoms with E-state index in [-0.39, 0.29) is 17.7 Å². The molecule has 0 bridgehead atoms. The summed E-state index contributed by atoms with van der Waals surface area (Å²) < 4.78 is 7.80. The van der Waals surface area contributed by atoms with Crippen LogP contribution in [0.5, 0.6) is 0 Å². The first kappa shape index (κ1) is 25.1. The van der Waals surface area contributed by atoms with E-state index in [9.17, 15) is 4.79 Å². The van der Waals surface area contributed by atoms with Crippen LogP contribution in [0.15, 0.2) is 28.6 Å². The van der Waals surface area contributed by atoms with Crippen LogP contribution in [0.25, 0.3) is 11.4 Å². The normalized spacial score (nSPS) is 17.7. The van der Waals surface area contributed by atoms with E-state index in [4.69, 9.17) is 9.72 Å². The van der Waals surface area contributed by atoms with Crippen molar-refractivity contribution in [1.82, 2.24) is 19.5 Å². The molecule has 4 rings (SSSR count). The summed E-state index contributed by atoms with van der Waals surface area (Å²) in [4.78, 5) is 32.0. The molecule has 1 aliphatic heterocycles. The number of nitrogens with zero attached hydrogens (tertiary/aromatic N) is 6. The smallest absolute Gasteiger partial charge is 0.277 e. The van der Waals surface area contributed by atoms with Crippen molar-refractivity contribution < 1.29 is 4.74 Å². The number of ether oxygens (including phenoxy) is 1. The highest BCUT2D eigenvalue weighted by Gasteiger charge is 2.35. The van der Waals surface area contributed by atoms with Gasteiger partial charge in [-0.2, -0.15) is 0 Å². The second-order valence-electron chi connectivity index (χ2n) is 8.88. The first-order valence-electron chi connectivity index (χ1n) is 12.2. The van der Waals surface area contributed by atoms with Gasteiger partial charge >= 0.3 is 0 Å². The topological polar surface area (TPSA) is 88.4 Å². The Hall–Kier alpha value is -2.98. The summed E-state index contributed by atoms with van der Waals surface area (Å²) in [6, 6.07) is 1.98. The number of hydrogen-bond acceptors (Lipinski definition) is 9. The number of pyridine rings is 1. The molecule has 0 amide bonds. The van der Waals surface area contributed by atoms with E-state index in [0.29, 0.717) is 37.6 Å². The molecule has 9 nitrogen and oxygen atoms in total. The fourth-order valence-corrected chi connectivity index (χ4v) is 5.19. The van der Waals surface area contributed by atoms with Crippen LogP contribution in [0.4, 0.5) is 16.6 Å². The highest BCUT2D eigenvalue weighted by Crippen LogP contribution is 2.28. The van der Waals surface area contributed by atoms with Crippen LogP contribution in [0.1, 0.15) is 32.0 Å². The van der Waals surface area contributed by atoms with Gasteiger partial charge in [-0.05, 0) is 38.8 Å². The quantitative estimate of drug-likeness (QED) is 0.481. The lowest BCUT2D eigenvalue weighted by molar-refractivity contribution is 0.0720. The number of thiazole rings is 1. The maximum Gasteiger partial charge on any atom is 0.277 e. The summed E-state index contributed by atoms with van der Waals surface area (Å²) in [6.07, 6.45) is 4.22. The Bertz CT molecular complexity index is 1210. The number of aromatic nitrogens is 4. The Balaban J connectivity index is 1.72. The lowest BCUT2D eigenvalue weighted by atomic mass is 10.1. The van der Waals surface area contributed by atoms with Crippen LogP contribution < -0.4 is 20.7 Å². The number of nitrogens with one attached hydrogen (secondary N) is 1. The zero-order chi connectivity index (χ0) is 25.1. The molecule has 1 N–H and O–H groups in total. The minimum atomic E-state index is -0.0617. The molecule has 3 aromatic rings. The summed E-state index contributed by atoms with van der Waals surface area (Å²) in [5.41, 5.74) is 3.16. The number of rotatable bonds is 9. The third kappa shape index (κ3) is 5.04. The minimum Gasteiger partial charge on any atom is -0.374 e. The van der Waals surface area contributed by atoms with Crippen molar-refractivity contribution in [2.45, 2.75) is 52.8 Å². The van der Waals surface area contributed by atoms with Crippen molar-refractivity contribution in [2.24, 2.45) is 0 Å². The predicted octanol–water partition coefficient (Wildman–Crippen LogP) is 3.42. The fourth-order valence-electron chi connectivity index (χ4n) is 4.53. The summed E-state index contributed by atoms with van der Waals surface area (Å²) in [5, 5.41) is 6.49. The van der Waals surface area contributed by atoms with E-state index in [0.717, 1.165) is 34.3 Å². The molecule has 188 valence electrons. The maximum absolute atomic E-state index is 13.8. The third-order valence-corrected chi connectivity index (χ3v) is 7.19. The zero-order valence-electron chi connectivity index (χ0n) is 21.4. The monoisotopic (exact) mass is 497 g/mol. The van der Waals surface area contributed by atoms with Crippen LogP contribution >= 0.6 is 11.3 Å². The van der Waals surface area contributed by atoms with E-state index in [1.807, 2.05) is 70.5 Å². The van der Waals surface area contributed by atoms with Gasteiger partial charge in [0.05, 0.1) is 17.8 Å². The van der Waals surface area contributed by atoms with Crippen LogP contribution in [-0.2, 0) is 17.7 Å². The molecule has 3 aromatic heterocycles. The molecule has 4 heterocycles. The SMILES string of the molecule is CCO[C@H]1CN(c2nccs2)C[C@H]1Nc1c(CC)nc(-c2cnc(N(C)C)cc2C)n(CC)c1=O. The van der Waals surface area contributed by atoms with Crippen molar-refractivity contribution in [1.29, 1.82) is 0 Å². The second-order valence-corrected chi connectivity index (χ2v) is 9.75. The Kier molecular flexibility index (Phi) is 7.71. The third-order valence-electron chi connectivity index (χ3n) is 6.36. The van der Waals surface area contributed by atoms with E-state index in [2.05, 4.69) is 20.2 Å². The van der Waals surface area contributed by atoms with Crippen molar-refractivity contribution >= 4 is 28.0 Å². The molecule has 0 spiro atoms. The molecular weight excluding hydrogens is 462 g/mol. The number of aryl methyl sites for hydroxylation is 2. The zero-order valence-corrected chi connectivity index (χ0v) is 22.2. The average Bonchev–Trinajstić information content (AvgIpc) is 3.51. The second kappa shape index (κ2) is 10.7. The van der Waals surface area contributed by atoms with Gasteiger partial charge in [0.1, 0.15) is 17.3 Å². The van der Waals surface area contributed by atoms with E-state index in [1.54, 1.807) is 15.9 Å². The summed E-state index contributed by atoms with van der Waals surface area (Å²) >= 11 is 1.61. The molecule has 10 heteroatoms. The van der Waals surface area contributed by atoms with Gasteiger partial charge in [0, 0.05) is 63.7 Å². The van der Waals surface area contributed by atoms with Gasteiger partial charge in [-0.15, -0.1) is 11.3 Å². The molecule has 0 aliphatic carbocycles. The van der Waals surface area contributed by atoms with Crippen LogP contribution in [0.2, 0.25) is 0 Å². The summed E-state index contributed by atoms with van der Waals surface area (Å²) in [5.74, 6) is 1.53. The molecule has 1 aliphatic rings. The Morgan fingerprint density at radius 2 is 2.03 bits per heavy atom. The minimum absolute atomic E-state index is 0.0439. The van der Waals surface area contributed by atoms with E-state index >= 15 is 0 Å². The molecule has 0 aromatic carbocycles. The van der Waals surface area contributed by atoms with Gasteiger partial charge in [0.25, 0.3) is 5.56 Å². The van der Waals surface area contributed by atoms with E-state index in [1.165, 1.54) is 0 Å². The van der Waals surface area contributed by atoms with Crippen molar-refractivity contribution in [3.8, 4) is 11.4 Å². The van der Waals surface area contributed by atoms with Gasteiger partial charge in [0.2, 0.25) is 0 Å². The molecule has 0 unspecified atom stereocenters. The molecule has 1 saturated heterocycles. The Morgan fingerprint density at radius 3 is 2.63 bits per heavy atom. The van der Waals surface area contributed by atoms with Gasteiger partial charge < -0.3 is 19.9 Å². The summed E-state index contributed by atoms with van der Waals surface area (Å²) in [7, 11) is 3.93. The standard InChI is InChI=1S/C25H35N7O2S/c1-7-18-22(28-19-14-31(15-20(19)34-9-3)25-26-10-11-35-25)24(33)32(8-2)23(29-18)17-13-27-21(30(5)6)12-16(17)4/h10-13,19-20,28H,7-9,14-15H2,1-6H3/t19-,20+/m1/s1. The number of hydrogen-bond donors (Lipinski definition) is 1. The van der Waals surface area contributed by atoms with Crippen molar-refractivity contribution in [2.75, 3.05) is 48.9 Å². The van der Waals surface area contributed by atoms with Gasteiger partial charge in [-0.1, -0.05) is 6.92 Å². The first-order chi connectivity index (χ1) is 16.9. The maximum atomic E-state index is 13.8. The highest BCUT2D eigenvalue weighted by atomic mass is 32.1. The first-order valence-corrected chi connectivity index (χ1v) is 13.1. The predicted molar refractivity (Wildman–Crippen MR) is 143 cm³/mol. The van der Waals surface area contributed by atoms with Crippen LogP contribution in [-0.4, -0.2) is 65.5 Å².